The lowest BCUT2D eigenvalue weighted by molar-refractivity contribution is 0.0803. The van der Waals surface area contributed by atoms with Crippen molar-refractivity contribution in [3.63, 3.8) is 0 Å². The van der Waals surface area contributed by atoms with Gasteiger partial charge in [0.15, 0.2) is 0 Å². The van der Waals surface area contributed by atoms with Gasteiger partial charge in [-0.05, 0) is 30.4 Å². The van der Waals surface area contributed by atoms with Crippen molar-refractivity contribution in [3.8, 4) is 0 Å². The first-order chi connectivity index (χ1) is 7.27. The molecule has 0 amide bonds. The van der Waals surface area contributed by atoms with E-state index < -0.39 is 0 Å². The lowest BCUT2D eigenvalue weighted by Gasteiger charge is -2.22. The van der Waals surface area contributed by atoms with E-state index in [4.69, 9.17) is 4.74 Å². The van der Waals surface area contributed by atoms with Gasteiger partial charge in [-0.1, -0.05) is 19.9 Å². The van der Waals surface area contributed by atoms with E-state index in [1.54, 1.807) is 0 Å². The first-order valence-electron chi connectivity index (χ1n) is 5.81. The Labute approximate surface area is 91.7 Å². The molecule has 0 spiro atoms. The molecular weight excluding hydrogens is 186 g/mol. The number of rotatable bonds is 2. The van der Waals surface area contributed by atoms with Gasteiger partial charge in [0.2, 0.25) is 0 Å². The van der Waals surface area contributed by atoms with Crippen LogP contribution < -0.4 is 0 Å². The quantitative estimate of drug-likeness (QED) is 0.740. The molecule has 1 aromatic rings. The van der Waals surface area contributed by atoms with E-state index in [2.05, 4.69) is 31.0 Å². The van der Waals surface area contributed by atoms with Crippen LogP contribution in [0.1, 0.15) is 49.8 Å². The molecule has 82 valence electrons. The van der Waals surface area contributed by atoms with Gasteiger partial charge in [-0.15, -0.1) is 0 Å². The first kappa shape index (κ1) is 10.6. The van der Waals surface area contributed by atoms with Crippen LogP contribution in [-0.4, -0.2) is 18.2 Å². The lowest BCUT2D eigenvalue weighted by atomic mass is 9.94. The molecule has 0 N–H and O–H groups in total. The number of aromatic nitrogens is 1. The fourth-order valence-electron chi connectivity index (χ4n) is 2.00. The van der Waals surface area contributed by atoms with Gasteiger partial charge in [0, 0.05) is 24.4 Å². The standard InChI is InChI=1S/C13H19NO/c1-10(2)13-6-5-11(8-14-13)12-4-3-7-15-9-12/h5-6,8,10,12H,3-4,7,9H2,1-2H3. The topological polar surface area (TPSA) is 22.1 Å². The second-order valence-corrected chi connectivity index (χ2v) is 4.59. The van der Waals surface area contributed by atoms with Crippen molar-refractivity contribution in [3.05, 3.63) is 29.6 Å². The van der Waals surface area contributed by atoms with Crippen molar-refractivity contribution in [1.82, 2.24) is 4.98 Å². The molecular formula is C13H19NO. The SMILES string of the molecule is CC(C)c1ccc(C2CCCOC2)cn1. The van der Waals surface area contributed by atoms with Crippen molar-refractivity contribution in [2.24, 2.45) is 0 Å². The summed E-state index contributed by atoms with van der Waals surface area (Å²) < 4.78 is 5.49. The van der Waals surface area contributed by atoms with Gasteiger partial charge < -0.3 is 4.74 Å². The second kappa shape index (κ2) is 4.75. The summed E-state index contributed by atoms with van der Waals surface area (Å²) in [5.41, 5.74) is 2.51. The minimum atomic E-state index is 0.515. The maximum Gasteiger partial charge on any atom is 0.0535 e. The molecule has 1 saturated heterocycles. The molecule has 0 bridgehead atoms. The zero-order chi connectivity index (χ0) is 10.7. The fraction of sp³-hybridized carbons (Fsp3) is 0.615. The van der Waals surface area contributed by atoms with Gasteiger partial charge in [-0.25, -0.2) is 0 Å². The summed E-state index contributed by atoms with van der Waals surface area (Å²) in [5.74, 6) is 1.08. The molecule has 0 radical (unpaired) electrons. The predicted octanol–water partition coefficient (Wildman–Crippen LogP) is 3.10. The van der Waals surface area contributed by atoms with Crippen LogP contribution in [0.4, 0.5) is 0 Å². The van der Waals surface area contributed by atoms with Gasteiger partial charge in [-0.2, -0.15) is 0 Å². The molecule has 1 aliphatic rings. The van der Waals surface area contributed by atoms with Crippen LogP contribution in [0, 0.1) is 0 Å². The number of ether oxygens (including phenoxy) is 1. The van der Waals surface area contributed by atoms with E-state index >= 15 is 0 Å². The Morgan fingerprint density at radius 2 is 2.27 bits per heavy atom. The Bertz CT molecular complexity index is 299. The molecule has 1 fully saturated rings. The number of hydrogen-bond acceptors (Lipinski definition) is 2. The monoisotopic (exact) mass is 205 g/mol. The Kier molecular flexibility index (Phi) is 3.37. The average molecular weight is 205 g/mol. The van der Waals surface area contributed by atoms with E-state index in [0.29, 0.717) is 11.8 Å². The summed E-state index contributed by atoms with van der Waals surface area (Å²) >= 11 is 0. The van der Waals surface area contributed by atoms with Crippen molar-refractivity contribution in [2.45, 2.75) is 38.5 Å². The van der Waals surface area contributed by atoms with Crippen LogP contribution in [0.25, 0.3) is 0 Å². The molecule has 1 unspecified atom stereocenters. The minimum Gasteiger partial charge on any atom is -0.381 e. The smallest absolute Gasteiger partial charge is 0.0535 e. The van der Waals surface area contributed by atoms with Gasteiger partial charge in [-0.3, -0.25) is 4.98 Å². The molecule has 15 heavy (non-hydrogen) atoms. The predicted molar refractivity (Wildman–Crippen MR) is 61.1 cm³/mol. The van der Waals surface area contributed by atoms with Crippen LogP contribution >= 0.6 is 0 Å². The van der Waals surface area contributed by atoms with E-state index in [9.17, 15) is 0 Å². The summed E-state index contributed by atoms with van der Waals surface area (Å²) in [6.45, 7) is 6.13. The maximum atomic E-state index is 5.49. The highest BCUT2D eigenvalue weighted by atomic mass is 16.5. The Balaban J connectivity index is 2.08. The van der Waals surface area contributed by atoms with E-state index in [1.807, 2.05) is 6.20 Å². The van der Waals surface area contributed by atoms with Crippen LogP contribution in [0.3, 0.4) is 0 Å². The second-order valence-electron chi connectivity index (χ2n) is 4.59. The Hall–Kier alpha value is -0.890. The number of nitrogens with zero attached hydrogens (tertiary/aromatic N) is 1. The van der Waals surface area contributed by atoms with Crippen molar-refractivity contribution >= 4 is 0 Å². The van der Waals surface area contributed by atoms with Crippen molar-refractivity contribution in [1.29, 1.82) is 0 Å². The molecule has 0 aromatic carbocycles. The molecule has 1 aliphatic heterocycles. The number of pyridine rings is 1. The molecule has 1 aromatic heterocycles. The third-order valence-corrected chi connectivity index (χ3v) is 3.03. The van der Waals surface area contributed by atoms with Gasteiger partial charge in [0.25, 0.3) is 0 Å². The van der Waals surface area contributed by atoms with E-state index in [0.717, 1.165) is 13.2 Å². The highest BCUT2D eigenvalue weighted by Gasteiger charge is 2.16. The van der Waals surface area contributed by atoms with Crippen LogP contribution in [0.2, 0.25) is 0 Å². The highest BCUT2D eigenvalue weighted by molar-refractivity contribution is 5.20. The van der Waals surface area contributed by atoms with Crippen LogP contribution in [0.5, 0.6) is 0 Å². The molecule has 2 nitrogen and oxygen atoms in total. The Morgan fingerprint density at radius 3 is 2.80 bits per heavy atom. The van der Waals surface area contributed by atoms with Gasteiger partial charge >= 0.3 is 0 Å². The fourth-order valence-corrected chi connectivity index (χ4v) is 2.00. The Morgan fingerprint density at radius 1 is 1.40 bits per heavy atom. The molecule has 0 aliphatic carbocycles. The summed E-state index contributed by atoms with van der Waals surface area (Å²) in [6.07, 6.45) is 4.44. The van der Waals surface area contributed by atoms with Gasteiger partial charge in [0.05, 0.1) is 6.61 Å². The highest BCUT2D eigenvalue weighted by Crippen LogP contribution is 2.25. The van der Waals surface area contributed by atoms with Crippen molar-refractivity contribution in [2.75, 3.05) is 13.2 Å². The van der Waals surface area contributed by atoms with Crippen LogP contribution in [-0.2, 0) is 4.74 Å². The zero-order valence-corrected chi connectivity index (χ0v) is 9.57. The molecule has 2 heterocycles. The van der Waals surface area contributed by atoms with Gasteiger partial charge in [0.1, 0.15) is 0 Å². The maximum absolute atomic E-state index is 5.49. The third kappa shape index (κ3) is 2.57. The molecule has 2 rings (SSSR count). The average Bonchev–Trinajstić information content (AvgIpc) is 2.30. The largest absolute Gasteiger partial charge is 0.381 e. The van der Waals surface area contributed by atoms with Crippen molar-refractivity contribution < 1.29 is 4.74 Å². The van der Waals surface area contributed by atoms with Crippen LogP contribution in [0.15, 0.2) is 18.3 Å². The van der Waals surface area contributed by atoms with E-state index in [-0.39, 0.29) is 0 Å². The molecule has 2 heteroatoms. The normalized spacial score (nSPS) is 21.9. The zero-order valence-electron chi connectivity index (χ0n) is 9.57. The molecule has 1 atom stereocenters. The summed E-state index contributed by atoms with van der Waals surface area (Å²) in [7, 11) is 0. The first-order valence-corrected chi connectivity index (χ1v) is 5.81. The third-order valence-electron chi connectivity index (χ3n) is 3.03. The summed E-state index contributed by atoms with van der Waals surface area (Å²) in [6, 6.07) is 4.36. The minimum absolute atomic E-state index is 0.515. The summed E-state index contributed by atoms with van der Waals surface area (Å²) in [4.78, 5) is 4.50. The summed E-state index contributed by atoms with van der Waals surface area (Å²) in [5, 5.41) is 0. The molecule has 0 saturated carbocycles. The number of hydrogen-bond donors (Lipinski definition) is 0. The van der Waals surface area contributed by atoms with E-state index in [1.165, 1.54) is 24.1 Å². The lowest BCUT2D eigenvalue weighted by Crippen LogP contribution is -2.15.